The van der Waals surface area contributed by atoms with Crippen LogP contribution in [0, 0.1) is 46.3 Å². The Kier molecular flexibility index (Phi) is 5.59. The summed E-state index contributed by atoms with van der Waals surface area (Å²) in [7, 11) is 0. The van der Waals surface area contributed by atoms with Crippen LogP contribution in [-0.2, 0) is 4.79 Å². The highest BCUT2D eigenvalue weighted by molar-refractivity contribution is 5.97. The van der Waals surface area contributed by atoms with Crippen LogP contribution in [-0.4, -0.2) is 16.5 Å². The Balaban J connectivity index is 1.56. The fourth-order valence-corrected chi connectivity index (χ4v) is 8.68. The molecule has 0 aliphatic heterocycles. The molecule has 0 heterocycles. The second-order valence-electron chi connectivity index (χ2n) is 12.1. The molecule has 1 N–H and O–H groups in total. The van der Waals surface area contributed by atoms with Gasteiger partial charge in [-0.25, -0.2) is 0 Å². The summed E-state index contributed by atoms with van der Waals surface area (Å²) in [5, 5.41) is 12.2. The summed E-state index contributed by atoms with van der Waals surface area (Å²) in [6, 6.07) is 0. The van der Waals surface area contributed by atoms with E-state index in [9.17, 15) is 9.90 Å². The number of aliphatic hydroxyl groups is 1. The van der Waals surface area contributed by atoms with E-state index in [2.05, 4.69) is 40.7 Å². The van der Waals surface area contributed by atoms with Crippen molar-refractivity contribution in [3.05, 3.63) is 12.2 Å². The molecule has 4 aliphatic carbocycles. The van der Waals surface area contributed by atoms with Crippen LogP contribution >= 0.6 is 0 Å². The highest BCUT2D eigenvalue weighted by atomic mass is 16.3. The van der Waals surface area contributed by atoms with Gasteiger partial charge in [-0.3, -0.25) is 4.79 Å². The van der Waals surface area contributed by atoms with Crippen molar-refractivity contribution in [1.29, 1.82) is 0 Å². The van der Waals surface area contributed by atoms with Crippen LogP contribution in [0.15, 0.2) is 12.2 Å². The molecule has 0 aromatic rings. The maximum Gasteiger partial charge on any atom is 0.164 e. The molecule has 0 amide bonds. The molecule has 3 fully saturated rings. The molecule has 0 spiro atoms. The van der Waals surface area contributed by atoms with Crippen LogP contribution in [0.2, 0.25) is 0 Å². The van der Waals surface area contributed by atoms with E-state index in [1.807, 2.05) is 0 Å². The average molecular weight is 401 g/mol. The second-order valence-corrected chi connectivity index (χ2v) is 12.1. The highest BCUT2D eigenvalue weighted by Crippen LogP contribution is 2.68. The van der Waals surface area contributed by atoms with Gasteiger partial charge in [-0.05, 0) is 98.9 Å². The van der Waals surface area contributed by atoms with E-state index in [-0.39, 0.29) is 5.78 Å². The van der Waals surface area contributed by atoms with Gasteiger partial charge in [-0.1, -0.05) is 53.0 Å². The number of carbonyl (C=O) groups excluding carboxylic acids is 1. The minimum atomic E-state index is -0.794. The molecule has 4 aliphatic rings. The van der Waals surface area contributed by atoms with E-state index >= 15 is 0 Å². The Morgan fingerprint density at radius 2 is 1.76 bits per heavy atom. The largest absolute Gasteiger partial charge is 0.389 e. The third-order valence-corrected chi connectivity index (χ3v) is 10.5. The Morgan fingerprint density at radius 3 is 2.48 bits per heavy atom. The summed E-state index contributed by atoms with van der Waals surface area (Å²) >= 11 is 0. The van der Waals surface area contributed by atoms with Gasteiger partial charge in [-0.2, -0.15) is 0 Å². The third kappa shape index (κ3) is 3.10. The van der Waals surface area contributed by atoms with Crippen molar-refractivity contribution in [2.24, 2.45) is 46.3 Å². The van der Waals surface area contributed by atoms with Crippen molar-refractivity contribution in [3.8, 4) is 0 Å². The predicted octanol–water partition coefficient (Wildman–Crippen LogP) is 6.57. The third-order valence-electron chi connectivity index (χ3n) is 10.5. The lowest BCUT2D eigenvalue weighted by Gasteiger charge is -2.63. The van der Waals surface area contributed by atoms with E-state index in [4.69, 9.17) is 0 Å². The van der Waals surface area contributed by atoms with Crippen LogP contribution in [0.4, 0.5) is 0 Å². The van der Waals surface area contributed by atoms with E-state index in [0.29, 0.717) is 23.2 Å². The molecule has 164 valence electrons. The Bertz CT molecular complexity index is 665. The molecule has 4 rings (SSSR count). The number of hydrogen-bond acceptors (Lipinski definition) is 2. The standard InChI is InChI=1S/C27H44O2/c1-18(2)8-6-9-19(3)21-14-15-22-23-13-12-20-10-7-11-24(28)26(20,5)27(23,29)17-16-25(21,22)4/h7,11,18-23,29H,6,8-10,12-17H2,1-5H3/t19-,20?,21-,22+,23+,25-,26-,27-/m1/s1. The molecule has 3 saturated carbocycles. The van der Waals surface area contributed by atoms with Crippen LogP contribution in [0.3, 0.4) is 0 Å². The first-order chi connectivity index (χ1) is 13.6. The summed E-state index contributed by atoms with van der Waals surface area (Å²) in [6.45, 7) is 11.8. The monoisotopic (exact) mass is 400 g/mol. The molecule has 2 nitrogen and oxygen atoms in total. The fraction of sp³-hybridized carbons (Fsp3) is 0.889. The number of hydrogen-bond donors (Lipinski definition) is 1. The first-order valence-corrected chi connectivity index (χ1v) is 12.6. The molecule has 29 heavy (non-hydrogen) atoms. The van der Waals surface area contributed by atoms with Crippen molar-refractivity contribution in [1.82, 2.24) is 0 Å². The van der Waals surface area contributed by atoms with Crippen LogP contribution < -0.4 is 0 Å². The first kappa shape index (κ1) is 21.6. The molecular formula is C27H44O2. The van der Waals surface area contributed by atoms with Gasteiger partial charge in [0.2, 0.25) is 0 Å². The minimum Gasteiger partial charge on any atom is -0.389 e. The maximum absolute atomic E-state index is 13.1. The van der Waals surface area contributed by atoms with Gasteiger partial charge in [0.1, 0.15) is 0 Å². The van der Waals surface area contributed by atoms with Crippen LogP contribution in [0.25, 0.3) is 0 Å². The Hall–Kier alpha value is -0.630. The quantitative estimate of drug-likeness (QED) is 0.567. The molecule has 0 radical (unpaired) electrons. The van der Waals surface area contributed by atoms with Crippen molar-refractivity contribution in [2.45, 2.75) is 104 Å². The maximum atomic E-state index is 13.1. The lowest BCUT2D eigenvalue weighted by atomic mass is 9.42. The van der Waals surface area contributed by atoms with Gasteiger partial charge < -0.3 is 5.11 Å². The van der Waals surface area contributed by atoms with Gasteiger partial charge in [0, 0.05) is 0 Å². The zero-order chi connectivity index (χ0) is 21.0. The van der Waals surface area contributed by atoms with E-state index in [0.717, 1.165) is 49.9 Å². The average Bonchev–Trinajstić information content (AvgIpc) is 3.01. The van der Waals surface area contributed by atoms with Gasteiger partial charge in [0.25, 0.3) is 0 Å². The van der Waals surface area contributed by atoms with Crippen LogP contribution in [0.1, 0.15) is 98.8 Å². The van der Waals surface area contributed by atoms with Crippen LogP contribution in [0.5, 0.6) is 0 Å². The van der Waals surface area contributed by atoms with Crippen molar-refractivity contribution < 1.29 is 9.90 Å². The number of fused-ring (bicyclic) bond motifs is 5. The summed E-state index contributed by atoms with van der Waals surface area (Å²) < 4.78 is 0. The molecule has 0 saturated heterocycles. The molecule has 0 aromatic carbocycles. The molecule has 0 bridgehead atoms. The fourth-order valence-electron chi connectivity index (χ4n) is 8.68. The molecule has 8 atom stereocenters. The minimum absolute atomic E-state index is 0.196. The first-order valence-electron chi connectivity index (χ1n) is 12.6. The number of allylic oxidation sites excluding steroid dienone is 2. The van der Waals surface area contributed by atoms with E-state index in [1.165, 1.54) is 32.1 Å². The smallest absolute Gasteiger partial charge is 0.164 e. The molecule has 0 aromatic heterocycles. The Labute approximate surface area is 178 Å². The normalized spacial score (nSPS) is 47.6. The summed E-state index contributed by atoms with van der Waals surface area (Å²) in [4.78, 5) is 13.1. The SMILES string of the molecule is CC(C)CCC[C@@H](C)[C@H]1CC[C@H]2[C@@H]3CCC4CC=CC(=O)[C@]4(C)[C@@]3(O)CC[C@]12C. The zero-order valence-corrected chi connectivity index (χ0v) is 19.5. The molecule has 2 heteroatoms. The second kappa shape index (κ2) is 7.50. The van der Waals surface area contributed by atoms with Crippen molar-refractivity contribution in [3.63, 3.8) is 0 Å². The summed E-state index contributed by atoms with van der Waals surface area (Å²) in [5.41, 5.74) is -1.00. The topological polar surface area (TPSA) is 37.3 Å². The van der Waals surface area contributed by atoms with Gasteiger partial charge in [0.15, 0.2) is 5.78 Å². The van der Waals surface area contributed by atoms with Gasteiger partial charge in [0.05, 0.1) is 11.0 Å². The van der Waals surface area contributed by atoms with Crippen molar-refractivity contribution >= 4 is 5.78 Å². The van der Waals surface area contributed by atoms with Gasteiger partial charge >= 0.3 is 0 Å². The predicted molar refractivity (Wildman–Crippen MR) is 119 cm³/mol. The van der Waals surface area contributed by atoms with Gasteiger partial charge in [-0.15, -0.1) is 0 Å². The molecular weight excluding hydrogens is 356 g/mol. The summed E-state index contributed by atoms with van der Waals surface area (Å²) in [5.74, 6) is 3.80. The Morgan fingerprint density at radius 1 is 1.03 bits per heavy atom. The van der Waals surface area contributed by atoms with E-state index in [1.54, 1.807) is 6.08 Å². The lowest BCUT2D eigenvalue weighted by molar-refractivity contribution is -0.222. The van der Waals surface area contributed by atoms with Crippen molar-refractivity contribution in [2.75, 3.05) is 0 Å². The zero-order valence-electron chi connectivity index (χ0n) is 19.5. The number of ketones is 1. The number of rotatable bonds is 5. The lowest BCUT2D eigenvalue weighted by Crippen LogP contribution is -2.67. The number of carbonyl (C=O) groups is 1. The summed E-state index contributed by atoms with van der Waals surface area (Å²) in [6.07, 6.45) is 15.6. The molecule has 1 unspecified atom stereocenters. The highest BCUT2D eigenvalue weighted by Gasteiger charge is 2.68. The van der Waals surface area contributed by atoms with E-state index < -0.39 is 11.0 Å².